The maximum Gasteiger partial charge on any atom is 0.149 e. The summed E-state index contributed by atoms with van der Waals surface area (Å²) in [7, 11) is 0. The fourth-order valence-corrected chi connectivity index (χ4v) is 3.48. The summed E-state index contributed by atoms with van der Waals surface area (Å²) in [6.07, 6.45) is 5.44. The number of fused-ring (bicyclic) bond motifs is 1. The van der Waals surface area contributed by atoms with Crippen LogP contribution in [0.2, 0.25) is 0 Å². The van der Waals surface area contributed by atoms with Gasteiger partial charge in [-0.3, -0.25) is 4.98 Å². The van der Waals surface area contributed by atoms with E-state index in [4.69, 9.17) is 0 Å². The first-order valence-corrected chi connectivity index (χ1v) is 8.43. The summed E-state index contributed by atoms with van der Waals surface area (Å²) in [5, 5.41) is 4.34. The van der Waals surface area contributed by atoms with Gasteiger partial charge in [0.1, 0.15) is 11.3 Å². The highest BCUT2D eigenvalue weighted by molar-refractivity contribution is 5.79. The van der Waals surface area contributed by atoms with Gasteiger partial charge in [-0.15, -0.1) is 0 Å². The monoisotopic (exact) mass is 321 g/mol. The summed E-state index contributed by atoms with van der Waals surface area (Å²) >= 11 is 0. The summed E-state index contributed by atoms with van der Waals surface area (Å²) in [5.41, 5.74) is 2.62. The Hall–Kier alpha value is -2.33. The van der Waals surface area contributed by atoms with E-state index in [1.807, 2.05) is 30.5 Å². The number of para-hydroxylation sites is 1. The van der Waals surface area contributed by atoms with Crippen molar-refractivity contribution in [3.8, 4) is 0 Å². The van der Waals surface area contributed by atoms with Gasteiger partial charge in [0.15, 0.2) is 0 Å². The topological polar surface area (TPSA) is 37.8 Å². The lowest BCUT2D eigenvalue weighted by Crippen LogP contribution is -2.44. The minimum atomic E-state index is -0.265. The smallest absolute Gasteiger partial charge is 0.149 e. The summed E-state index contributed by atoms with van der Waals surface area (Å²) in [5.74, 6) is -0.265. The number of nitrogens with one attached hydrogen (secondary N) is 1. The highest BCUT2D eigenvalue weighted by Gasteiger charge is 2.39. The predicted octanol–water partition coefficient (Wildman–Crippen LogP) is 3.98. The molecule has 0 radical (unpaired) electrons. The Morgan fingerprint density at radius 2 is 1.96 bits per heavy atom. The number of hydrogen-bond donors (Lipinski definition) is 1. The molecule has 2 heterocycles. The number of hydrogen-bond acceptors (Lipinski definition) is 3. The van der Waals surface area contributed by atoms with Crippen molar-refractivity contribution in [3.63, 3.8) is 0 Å². The molecule has 2 aromatic heterocycles. The quantitative estimate of drug-likeness (QED) is 0.772. The average molecular weight is 321 g/mol. The van der Waals surface area contributed by atoms with Gasteiger partial charge in [-0.2, -0.15) is 0 Å². The maximum atomic E-state index is 13.9. The second-order valence-electron chi connectivity index (χ2n) is 6.57. The van der Waals surface area contributed by atoms with Gasteiger partial charge in [-0.05, 0) is 37.1 Å². The lowest BCUT2D eigenvalue weighted by Gasteiger charge is -2.41. The molecule has 1 aliphatic carbocycles. The molecule has 1 fully saturated rings. The molecule has 3 aromatic rings. The van der Waals surface area contributed by atoms with Crippen LogP contribution in [0.3, 0.4) is 0 Å². The van der Waals surface area contributed by atoms with Crippen molar-refractivity contribution >= 4 is 10.9 Å². The van der Waals surface area contributed by atoms with Crippen LogP contribution in [0.1, 0.15) is 30.7 Å². The van der Waals surface area contributed by atoms with Crippen LogP contribution in [-0.2, 0) is 12.0 Å². The second-order valence-corrected chi connectivity index (χ2v) is 6.57. The molecule has 122 valence electrons. The number of aromatic nitrogens is 2. The van der Waals surface area contributed by atoms with E-state index in [2.05, 4.69) is 27.4 Å². The van der Waals surface area contributed by atoms with Gasteiger partial charge >= 0.3 is 0 Å². The van der Waals surface area contributed by atoms with E-state index in [0.29, 0.717) is 12.1 Å². The first-order chi connectivity index (χ1) is 11.8. The lowest BCUT2D eigenvalue weighted by atomic mass is 9.66. The minimum absolute atomic E-state index is 0.142. The Bertz CT molecular complexity index is 844. The molecule has 0 saturated heterocycles. The number of pyridine rings is 2. The number of halogens is 1. The highest BCUT2D eigenvalue weighted by atomic mass is 19.1. The normalized spacial score (nSPS) is 16.0. The van der Waals surface area contributed by atoms with Crippen LogP contribution < -0.4 is 5.32 Å². The number of rotatable bonds is 5. The number of benzene rings is 1. The zero-order chi connectivity index (χ0) is 16.4. The van der Waals surface area contributed by atoms with Crippen molar-refractivity contribution in [2.75, 3.05) is 6.54 Å². The molecule has 4 rings (SSSR count). The van der Waals surface area contributed by atoms with Crippen LogP contribution in [0, 0.1) is 5.82 Å². The van der Waals surface area contributed by atoms with E-state index in [-0.39, 0.29) is 11.2 Å². The van der Waals surface area contributed by atoms with Crippen molar-refractivity contribution < 1.29 is 4.39 Å². The molecule has 0 aliphatic heterocycles. The van der Waals surface area contributed by atoms with Gasteiger partial charge in [0.05, 0.1) is 5.69 Å². The molecule has 0 amide bonds. The molecule has 0 atom stereocenters. The zero-order valence-corrected chi connectivity index (χ0v) is 13.5. The molecule has 4 heteroatoms. The largest absolute Gasteiger partial charge is 0.310 e. The Labute approximate surface area is 141 Å². The van der Waals surface area contributed by atoms with E-state index in [1.54, 1.807) is 6.07 Å². The van der Waals surface area contributed by atoms with Crippen molar-refractivity contribution in [1.82, 2.24) is 15.3 Å². The van der Waals surface area contributed by atoms with Crippen LogP contribution in [0.15, 0.2) is 54.7 Å². The fourth-order valence-electron chi connectivity index (χ4n) is 3.48. The van der Waals surface area contributed by atoms with Crippen molar-refractivity contribution in [2.45, 2.75) is 31.2 Å². The van der Waals surface area contributed by atoms with Gasteiger partial charge in [0.25, 0.3) is 0 Å². The van der Waals surface area contributed by atoms with Gasteiger partial charge in [0, 0.05) is 35.8 Å². The van der Waals surface area contributed by atoms with E-state index >= 15 is 0 Å². The Morgan fingerprint density at radius 1 is 1.04 bits per heavy atom. The highest BCUT2D eigenvalue weighted by Crippen LogP contribution is 2.42. The van der Waals surface area contributed by atoms with Crippen molar-refractivity contribution in [2.24, 2.45) is 0 Å². The standard InChI is InChI=1S/C20H20FN3/c21-17-6-3-5-15-8-9-16(24-19(15)17)13-22-14-20(10-4-11-20)18-7-1-2-12-23-18/h1-3,5-9,12,22H,4,10-11,13-14H2. The fraction of sp³-hybridized carbons (Fsp3) is 0.300. The van der Waals surface area contributed by atoms with Gasteiger partial charge in [-0.1, -0.05) is 30.7 Å². The van der Waals surface area contributed by atoms with Crippen LogP contribution in [0.5, 0.6) is 0 Å². The summed E-state index contributed by atoms with van der Waals surface area (Å²) in [4.78, 5) is 9.00. The first-order valence-electron chi connectivity index (χ1n) is 8.43. The molecular weight excluding hydrogens is 301 g/mol. The molecule has 1 aromatic carbocycles. The van der Waals surface area contributed by atoms with E-state index in [0.717, 1.165) is 30.5 Å². The molecule has 1 saturated carbocycles. The summed E-state index contributed by atoms with van der Waals surface area (Å²) < 4.78 is 13.9. The molecular formula is C20H20FN3. The van der Waals surface area contributed by atoms with Crippen LogP contribution in [-0.4, -0.2) is 16.5 Å². The Kier molecular flexibility index (Phi) is 3.98. The van der Waals surface area contributed by atoms with E-state index < -0.39 is 0 Å². The van der Waals surface area contributed by atoms with Crippen LogP contribution >= 0.6 is 0 Å². The average Bonchev–Trinajstić information content (AvgIpc) is 2.59. The van der Waals surface area contributed by atoms with Crippen LogP contribution in [0.25, 0.3) is 10.9 Å². The number of nitrogens with zero attached hydrogens (tertiary/aromatic N) is 2. The van der Waals surface area contributed by atoms with Gasteiger partial charge < -0.3 is 5.32 Å². The van der Waals surface area contributed by atoms with Gasteiger partial charge in [-0.25, -0.2) is 9.37 Å². The molecule has 24 heavy (non-hydrogen) atoms. The molecule has 0 spiro atoms. The molecule has 1 N–H and O–H groups in total. The molecule has 0 unspecified atom stereocenters. The van der Waals surface area contributed by atoms with E-state index in [1.165, 1.54) is 18.2 Å². The molecule has 3 nitrogen and oxygen atoms in total. The molecule has 0 bridgehead atoms. The third-order valence-corrected chi connectivity index (χ3v) is 5.02. The zero-order valence-electron chi connectivity index (χ0n) is 13.5. The Balaban J connectivity index is 1.46. The Morgan fingerprint density at radius 3 is 2.71 bits per heavy atom. The molecule has 1 aliphatic rings. The van der Waals surface area contributed by atoms with Gasteiger partial charge in [0.2, 0.25) is 0 Å². The summed E-state index contributed by atoms with van der Waals surface area (Å²) in [6.45, 7) is 1.51. The minimum Gasteiger partial charge on any atom is -0.310 e. The lowest BCUT2D eigenvalue weighted by molar-refractivity contribution is 0.226. The maximum absolute atomic E-state index is 13.9. The summed E-state index contributed by atoms with van der Waals surface area (Å²) in [6, 6.07) is 15.1. The first kappa shape index (κ1) is 15.2. The van der Waals surface area contributed by atoms with Crippen molar-refractivity contribution in [1.29, 1.82) is 0 Å². The van der Waals surface area contributed by atoms with Crippen molar-refractivity contribution in [3.05, 3.63) is 71.9 Å². The van der Waals surface area contributed by atoms with E-state index in [9.17, 15) is 4.39 Å². The predicted molar refractivity (Wildman–Crippen MR) is 93.2 cm³/mol. The third kappa shape index (κ3) is 2.78. The van der Waals surface area contributed by atoms with Crippen LogP contribution in [0.4, 0.5) is 4.39 Å². The SMILES string of the molecule is Fc1cccc2ccc(CNCC3(c4ccccn4)CCC3)nc12. The second kappa shape index (κ2) is 6.29. The third-order valence-electron chi connectivity index (χ3n) is 5.02.